The summed E-state index contributed by atoms with van der Waals surface area (Å²) in [5.41, 5.74) is 6.38. The van der Waals surface area contributed by atoms with Crippen LogP contribution in [0.25, 0.3) is 11.3 Å². The monoisotopic (exact) mass is 351 g/mol. The fraction of sp³-hybridized carbons (Fsp3) is 0.200. The van der Waals surface area contributed by atoms with Gasteiger partial charge in [0.1, 0.15) is 0 Å². The molecule has 126 valence electrons. The van der Waals surface area contributed by atoms with Crippen LogP contribution in [-0.2, 0) is 19.4 Å². The van der Waals surface area contributed by atoms with Crippen molar-refractivity contribution in [3.63, 3.8) is 0 Å². The average Bonchev–Trinajstić information content (AvgIpc) is 3.01. The van der Waals surface area contributed by atoms with Gasteiger partial charge in [-0.3, -0.25) is 4.68 Å². The van der Waals surface area contributed by atoms with Gasteiger partial charge in [0.2, 0.25) is 0 Å². The van der Waals surface area contributed by atoms with Crippen LogP contribution < -0.4 is 0 Å². The summed E-state index contributed by atoms with van der Waals surface area (Å²) in [6, 6.07) is 18.1. The highest BCUT2D eigenvalue weighted by atomic mass is 35.5. The Morgan fingerprint density at radius 2 is 1.80 bits per heavy atom. The fourth-order valence-corrected chi connectivity index (χ4v) is 3.49. The number of hydrogen-bond donors (Lipinski definition) is 1. The first-order valence-electron chi connectivity index (χ1n) is 8.33. The van der Waals surface area contributed by atoms with Crippen molar-refractivity contribution in [2.75, 3.05) is 0 Å². The summed E-state index contributed by atoms with van der Waals surface area (Å²) in [6.45, 7) is 0.738. The van der Waals surface area contributed by atoms with Crippen molar-refractivity contribution in [2.45, 2.75) is 25.8 Å². The maximum atomic E-state index is 9.20. The third-order valence-electron chi connectivity index (χ3n) is 4.63. The van der Waals surface area contributed by atoms with Gasteiger partial charge in [0, 0.05) is 28.3 Å². The van der Waals surface area contributed by atoms with Crippen LogP contribution >= 0.6 is 11.6 Å². The van der Waals surface area contributed by atoms with E-state index in [-0.39, 0.29) is 0 Å². The van der Waals surface area contributed by atoms with E-state index >= 15 is 0 Å². The molecule has 4 rings (SSSR count). The molecule has 0 radical (unpaired) electrons. The number of benzene rings is 2. The number of oxime groups is 1. The van der Waals surface area contributed by atoms with Crippen molar-refractivity contribution >= 4 is 17.3 Å². The molecule has 0 amide bonds. The highest BCUT2D eigenvalue weighted by Gasteiger charge is 2.25. The van der Waals surface area contributed by atoms with Crippen molar-refractivity contribution in [3.8, 4) is 11.3 Å². The molecule has 0 atom stereocenters. The van der Waals surface area contributed by atoms with Gasteiger partial charge in [-0.15, -0.1) is 0 Å². The van der Waals surface area contributed by atoms with Gasteiger partial charge in [0.25, 0.3) is 0 Å². The van der Waals surface area contributed by atoms with E-state index in [1.54, 1.807) is 0 Å². The minimum absolute atomic E-state index is 0.637. The SMILES string of the molecule is O/N=C1\CCc2c(c(-c3ccc(Cl)cc3)nn2Cc2ccccc2)C1. The number of rotatable bonds is 3. The van der Waals surface area contributed by atoms with Gasteiger partial charge in [-0.25, -0.2) is 0 Å². The van der Waals surface area contributed by atoms with Crippen LogP contribution in [0.15, 0.2) is 59.8 Å². The average molecular weight is 352 g/mol. The molecule has 0 unspecified atom stereocenters. The Labute approximate surface area is 151 Å². The molecule has 4 nitrogen and oxygen atoms in total. The zero-order chi connectivity index (χ0) is 17.2. The van der Waals surface area contributed by atoms with Crippen molar-refractivity contribution in [1.82, 2.24) is 9.78 Å². The molecule has 5 heteroatoms. The van der Waals surface area contributed by atoms with E-state index in [4.69, 9.17) is 16.7 Å². The molecule has 0 saturated carbocycles. The highest BCUT2D eigenvalue weighted by Crippen LogP contribution is 2.31. The third kappa shape index (κ3) is 3.17. The summed E-state index contributed by atoms with van der Waals surface area (Å²) in [5, 5.41) is 18.2. The van der Waals surface area contributed by atoms with Gasteiger partial charge < -0.3 is 5.21 Å². The van der Waals surface area contributed by atoms with Gasteiger partial charge in [-0.1, -0.05) is 59.2 Å². The van der Waals surface area contributed by atoms with E-state index in [1.165, 1.54) is 11.3 Å². The van der Waals surface area contributed by atoms with Gasteiger partial charge in [-0.05, 0) is 30.5 Å². The molecule has 1 aromatic heterocycles. The Morgan fingerprint density at radius 3 is 2.52 bits per heavy atom. The van der Waals surface area contributed by atoms with E-state index in [2.05, 4.69) is 22.0 Å². The lowest BCUT2D eigenvalue weighted by molar-refractivity contribution is 0.316. The maximum absolute atomic E-state index is 9.20. The van der Waals surface area contributed by atoms with Gasteiger partial charge in [0.15, 0.2) is 0 Å². The van der Waals surface area contributed by atoms with Crippen molar-refractivity contribution in [1.29, 1.82) is 0 Å². The lowest BCUT2D eigenvalue weighted by Gasteiger charge is -2.15. The van der Waals surface area contributed by atoms with E-state index in [9.17, 15) is 5.21 Å². The zero-order valence-corrected chi connectivity index (χ0v) is 14.4. The number of nitrogens with zero attached hydrogens (tertiary/aromatic N) is 3. The second kappa shape index (κ2) is 6.73. The predicted octanol–water partition coefficient (Wildman–Crippen LogP) is 4.57. The predicted molar refractivity (Wildman–Crippen MR) is 99.5 cm³/mol. The van der Waals surface area contributed by atoms with E-state index in [0.717, 1.165) is 41.9 Å². The molecule has 0 saturated heterocycles. The third-order valence-corrected chi connectivity index (χ3v) is 4.88. The molecule has 1 aliphatic rings. The first-order chi connectivity index (χ1) is 12.2. The Bertz CT molecular complexity index is 914. The minimum atomic E-state index is 0.637. The Balaban J connectivity index is 1.79. The second-order valence-electron chi connectivity index (χ2n) is 6.27. The molecule has 1 N–H and O–H groups in total. The number of aromatic nitrogens is 2. The lowest BCUT2D eigenvalue weighted by Crippen LogP contribution is -2.16. The van der Waals surface area contributed by atoms with Crippen LogP contribution in [0.1, 0.15) is 23.2 Å². The van der Waals surface area contributed by atoms with Gasteiger partial charge in [0.05, 0.1) is 18.0 Å². The van der Waals surface area contributed by atoms with Crippen LogP contribution in [0.4, 0.5) is 0 Å². The molecular weight excluding hydrogens is 334 g/mol. The summed E-state index contributed by atoms with van der Waals surface area (Å²) >= 11 is 6.02. The van der Waals surface area contributed by atoms with Crippen molar-refractivity contribution in [3.05, 3.63) is 76.4 Å². The molecule has 1 heterocycles. The largest absolute Gasteiger partial charge is 0.411 e. The number of fused-ring (bicyclic) bond motifs is 1. The molecule has 25 heavy (non-hydrogen) atoms. The quantitative estimate of drug-likeness (QED) is 0.555. The summed E-state index contributed by atoms with van der Waals surface area (Å²) < 4.78 is 2.09. The smallest absolute Gasteiger partial charge is 0.0962 e. The number of hydrogen-bond acceptors (Lipinski definition) is 3. The molecule has 1 aliphatic carbocycles. The summed E-state index contributed by atoms with van der Waals surface area (Å²) in [5.74, 6) is 0. The van der Waals surface area contributed by atoms with E-state index < -0.39 is 0 Å². The Morgan fingerprint density at radius 1 is 1.04 bits per heavy atom. The molecular formula is C20H18ClN3O. The van der Waals surface area contributed by atoms with Crippen LogP contribution in [0.2, 0.25) is 5.02 Å². The molecule has 0 spiro atoms. The van der Waals surface area contributed by atoms with Crippen molar-refractivity contribution in [2.24, 2.45) is 5.16 Å². The van der Waals surface area contributed by atoms with E-state index in [0.29, 0.717) is 11.4 Å². The molecule has 2 aromatic carbocycles. The second-order valence-corrected chi connectivity index (χ2v) is 6.70. The number of halogens is 1. The fourth-order valence-electron chi connectivity index (χ4n) is 3.37. The van der Waals surface area contributed by atoms with Gasteiger partial charge in [-0.2, -0.15) is 5.10 Å². The molecule has 0 bridgehead atoms. The summed E-state index contributed by atoms with van der Waals surface area (Å²) in [6.07, 6.45) is 2.24. The minimum Gasteiger partial charge on any atom is -0.411 e. The molecule has 0 aliphatic heterocycles. The molecule has 0 fully saturated rings. The normalized spacial score (nSPS) is 15.3. The topological polar surface area (TPSA) is 50.4 Å². The lowest BCUT2D eigenvalue weighted by atomic mass is 9.92. The zero-order valence-electron chi connectivity index (χ0n) is 13.7. The maximum Gasteiger partial charge on any atom is 0.0962 e. The van der Waals surface area contributed by atoms with E-state index in [1.807, 2.05) is 42.5 Å². The summed E-state index contributed by atoms with van der Waals surface area (Å²) in [7, 11) is 0. The Kier molecular flexibility index (Phi) is 4.28. The highest BCUT2D eigenvalue weighted by molar-refractivity contribution is 6.30. The van der Waals surface area contributed by atoms with Gasteiger partial charge >= 0.3 is 0 Å². The van der Waals surface area contributed by atoms with Crippen molar-refractivity contribution < 1.29 is 5.21 Å². The summed E-state index contributed by atoms with van der Waals surface area (Å²) in [4.78, 5) is 0. The Hall–Kier alpha value is -2.59. The van der Waals surface area contributed by atoms with Crippen LogP contribution in [0, 0.1) is 0 Å². The van der Waals surface area contributed by atoms with Crippen LogP contribution in [-0.4, -0.2) is 20.7 Å². The standard InChI is InChI=1S/C20H18ClN3O/c21-16-8-6-15(7-9-16)20-18-12-17(23-25)10-11-19(18)24(22-20)13-14-4-2-1-3-5-14/h1-9,25H,10-13H2/b23-17+. The van der Waals surface area contributed by atoms with Crippen LogP contribution in [0.3, 0.4) is 0 Å². The first-order valence-corrected chi connectivity index (χ1v) is 8.70. The molecule has 3 aromatic rings. The first kappa shape index (κ1) is 15.9. The van der Waals surface area contributed by atoms with Crippen LogP contribution in [0.5, 0.6) is 0 Å².